The summed E-state index contributed by atoms with van der Waals surface area (Å²) in [4.78, 5) is 10.4. The van der Waals surface area contributed by atoms with Crippen LogP contribution in [0.4, 0.5) is 0 Å². The Hall–Kier alpha value is -1.11. The van der Waals surface area contributed by atoms with Gasteiger partial charge in [-0.2, -0.15) is 0 Å². The molecule has 0 aromatic rings. The average Bonchev–Trinajstić information content (AvgIpc) is 2.37. The van der Waals surface area contributed by atoms with E-state index >= 15 is 0 Å². The maximum absolute atomic E-state index is 10.4. The van der Waals surface area contributed by atoms with Gasteiger partial charge in [0.15, 0.2) is 0 Å². The molecule has 1 fully saturated rings. The summed E-state index contributed by atoms with van der Waals surface area (Å²) < 4.78 is 0. The molecular formula is C20H32O. The molecule has 118 valence electrons. The predicted molar refractivity (Wildman–Crippen MR) is 92.2 cm³/mol. The summed E-state index contributed by atoms with van der Waals surface area (Å²) in [6, 6.07) is 0. The lowest BCUT2D eigenvalue weighted by Crippen LogP contribution is -2.33. The number of hydrogen-bond acceptors (Lipinski definition) is 1. The molecule has 2 atom stereocenters. The molecule has 0 radical (unpaired) electrons. The first-order valence-corrected chi connectivity index (χ1v) is 8.32. The van der Waals surface area contributed by atoms with Crippen molar-refractivity contribution in [3.05, 3.63) is 35.5 Å². The highest BCUT2D eigenvalue weighted by Crippen LogP contribution is 2.46. The van der Waals surface area contributed by atoms with Gasteiger partial charge >= 0.3 is 0 Å². The Labute approximate surface area is 131 Å². The minimum absolute atomic E-state index is 0.497. The largest absolute Gasteiger partial charge is 0.299 e. The second-order valence-electron chi connectivity index (χ2n) is 7.42. The molecule has 0 heterocycles. The lowest BCUT2D eigenvalue weighted by Gasteiger charge is -2.43. The Morgan fingerprint density at radius 1 is 1.24 bits per heavy atom. The van der Waals surface area contributed by atoms with E-state index < -0.39 is 0 Å². The van der Waals surface area contributed by atoms with Crippen molar-refractivity contribution in [3.63, 3.8) is 0 Å². The Balaban J connectivity index is 2.53. The monoisotopic (exact) mass is 288 g/mol. The van der Waals surface area contributed by atoms with Crippen molar-refractivity contribution in [1.82, 2.24) is 0 Å². The van der Waals surface area contributed by atoms with Crippen LogP contribution in [0.2, 0.25) is 0 Å². The molecule has 0 aromatic heterocycles. The highest BCUT2D eigenvalue weighted by atomic mass is 16.1. The number of hydrogen-bond donors (Lipinski definition) is 0. The second kappa shape index (κ2) is 8.36. The van der Waals surface area contributed by atoms with Gasteiger partial charge in [-0.1, -0.05) is 57.4 Å². The summed E-state index contributed by atoms with van der Waals surface area (Å²) in [5.74, 6) is 1.70. The van der Waals surface area contributed by atoms with Gasteiger partial charge in [0.2, 0.25) is 0 Å². The van der Waals surface area contributed by atoms with Crippen molar-refractivity contribution in [1.29, 1.82) is 0 Å². The van der Waals surface area contributed by atoms with Crippen molar-refractivity contribution in [2.45, 2.75) is 66.7 Å². The quantitative estimate of drug-likeness (QED) is 0.339. The van der Waals surface area contributed by atoms with E-state index in [1.807, 2.05) is 13.0 Å². The number of aldehydes is 1. The molecule has 1 saturated carbocycles. The van der Waals surface area contributed by atoms with Gasteiger partial charge in [-0.15, -0.1) is 0 Å². The van der Waals surface area contributed by atoms with Crippen LogP contribution in [0.5, 0.6) is 0 Å². The van der Waals surface area contributed by atoms with Crippen molar-refractivity contribution in [3.8, 4) is 0 Å². The topological polar surface area (TPSA) is 17.1 Å². The molecule has 0 amide bonds. The van der Waals surface area contributed by atoms with E-state index in [0.717, 1.165) is 23.7 Å². The van der Waals surface area contributed by atoms with Crippen LogP contribution in [0.3, 0.4) is 0 Å². The minimum atomic E-state index is 0.497. The fourth-order valence-corrected chi connectivity index (χ4v) is 3.71. The van der Waals surface area contributed by atoms with Gasteiger partial charge < -0.3 is 0 Å². The molecule has 1 rings (SSSR count). The summed E-state index contributed by atoms with van der Waals surface area (Å²) in [5.41, 5.74) is 2.92. The third kappa shape index (κ3) is 6.03. The molecule has 0 aromatic carbocycles. The van der Waals surface area contributed by atoms with Crippen molar-refractivity contribution < 1.29 is 4.79 Å². The van der Waals surface area contributed by atoms with Crippen LogP contribution in [-0.2, 0) is 4.79 Å². The maximum Gasteiger partial charge on any atom is 0.143 e. The van der Waals surface area contributed by atoms with Crippen LogP contribution in [0.15, 0.2) is 35.5 Å². The third-order valence-electron chi connectivity index (χ3n) is 5.09. The number of carbonyl (C=O) groups excluding carboxylic acids is 1. The molecule has 0 N–H and O–H groups in total. The van der Waals surface area contributed by atoms with Gasteiger partial charge in [-0.05, 0) is 62.0 Å². The van der Waals surface area contributed by atoms with Gasteiger partial charge in [-0.25, -0.2) is 0 Å². The van der Waals surface area contributed by atoms with Gasteiger partial charge in [-0.3, -0.25) is 4.79 Å². The number of rotatable bonds is 6. The third-order valence-corrected chi connectivity index (χ3v) is 5.09. The van der Waals surface area contributed by atoms with Gasteiger partial charge in [0, 0.05) is 0 Å². The Kier molecular flexibility index (Phi) is 7.14. The zero-order chi connectivity index (χ0) is 15.9. The molecule has 1 aliphatic carbocycles. The van der Waals surface area contributed by atoms with Crippen LogP contribution >= 0.6 is 0 Å². The molecule has 0 aliphatic heterocycles. The Morgan fingerprint density at radius 3 is 2.57 bits per heavy atom. The van der Waals surface area contributed by atoms with Crippen LogP contribution < -0.4 is 0 Å². The molecular weight excluding hydrogens is 256 g/mol. The smallest absolute Gasteiger partial charge is 0.143 e. The summed E-state index contributed by atoms with van der Waals surface area (Å²) in [7, 11) is 0. The van der Waals surface area contributed by atoms with E-state index in [0.29, 0.717) is 5.41 Å². The van der Waals surface area contributed by atoms with Crippen LogP contribution in [0.1, 0.15) is 66.7 Å². The van der Waals surface area contributed by atoms with E-state index in [1.165, 1.54) is 37.7 Å². The maximum atomic E-state index is 10.4. The number of carbonyl (C=O) groups is 1. The molecule has 0 saturated heterocycles. The van der Waals surface area contributed by atoms with Crippen LogP contribution in [0.25, 0.3) is 0 Å². The van der Waals surface area contributed by atoms with Gasteiger partial charge in [0.1, 0.15) is 6.29 Å². The highest BCUT2D eigenvalue weighted by Gasteiger charge is 2.35. The van der Waals surface area contributed by atoms with E-state index in [-0.39, 0.29) is 0 Å². The van der Waals surface area contributed by atoms with Crippen LogP contribution in [0, 0.1) is 17.3 Å². The van der Waals surface area contributed by atoms with E-state index in [9.17, 15) is 4.79 Å². The summed E-state index contributed by atoms with van der Waals surface area (Å²) in [6.45, 7) is 11.5. The summed E-state index contributed by atoms with van der Waals surface area (Å²) in [6.07, 6.45) is 15.3. The molecule has 1 aliphatic rings. The van der Waals surface area contributed by atoms with Crippen LogP contribution in [-0.4, -0.2) is 6.29 Å². The molecule has 1 heteroatoms. The molecule has 21 heavy (non-hydrogen) atoms. The first-order valence-electron chi connectivity index (χ1n) is 8.32. The molecule has 2 unspecified atom stereocenters. The summed E-state index contributed by atoms with van der Waals surface area (Å²) in [5, 5.41) is 0. The zero-order valence-corrected chi connectivity index (χ0v) is 14.5. The molecule has 0 bridgehead atoms. The SMILES string of the molecule is CC(/C=C/C=C(\C)CCC1C(C)CCCC1(C)C)=C\C=O. The van der Waals surface area contributed by atoms with E-state index in [4.69, 9.17) is 0 Å². The first kappa shape index (κ1) is 17.9. The molecule has 1 nitrogen and oxygen atoms in total. The fourth-order valence-electron chi connectivity index (χ4n) is 3.71. The van der Waals surface area contributed by atoms with E-state index in [2.05, 4.69) is 39.8 Å². The van der Waals surface area contributed by atoms with Gasteiger partial charge in [0.05, 0.1) is 0 Å². The minimum Gasteiger partial charge on any atom is -0.299 e. The van der Waals surface area contributed by atoms with Gasteiger partial charge in [0.25, 0.3) is 0 Å². The summed E-state index contributed by atoms with van der Waals surface area (Å²) >= 11 is 0. The normalized spacial score (nSPS) is 27.1. The van der Waals surface area contributed by atoms with E-state index in [1.54, 1.807) is 6.08 Å². The standard InChI is InChI=1S/C20H32O/c1-16(8-6-9-17(2)13-15-21)11-12-19-18(3)10-7-14-20(19,4)5/h6,8-9,13,15,18-19H,7,10-12,14H2,1-5H3/b9-6+,16-8+,17-13+. The lowest BCUT2D eigenvalue weighted by atomic mass is 9.62. The zero-order valence-electron chi connectivity index (χ0n) is 14.5. The molecule has 0 spiro atoms. The Bertz CT molecular complexity index is 423. The van der Waals surface area contributed by atoms with Crippen molar-refractivity contribution >= 4 is 6.29 Å². The average molecular weight is 288 g/mol. The fraction of sp³-hybridized carbons (Fsp3) is 0.650. The predicted octanol–water partition coefficient (Wildman–Crippen LogP) is 5.88. The lowest BCUT2D eigenvalue weighted by molar-refractivity contribution is -0.104. The van der Waals surface area contributed by atoms with Crippen molar-refractivity contribution in [2.24, 2.45) is 17.3 Å². The number of allylic oxidation sites excluding steroid dienone is 6. The van der Waals surface area contributed by atoms with Crippen molar-refractivity contribution in [2.75, 3.05) is 0 Å². The second-order valence-corrected chi connectivity index (χ2v) is 7.42. The highest BCUT2D eigenvalue weighted by molar-refractivity contribution is 5.66. The first-order chi connectivity index (χ1) is 9.86. The Morgan fingerprint density at radius 2 is 1.95 bits per heavy atom.